The first-order valence-electron chi connectivity index (χ1n) is 5.15. The van der Waals surface area contributed by atoms with Crippen molar-refractivity contribution in [3.8, 4) is 0 Å². The molecule has 1 atom stereocenters. The van der Waals surface area contributed by atoms with Crippen LogP contribution in [0.15, 0.2) is 30.8 Å². The van der Waals surface area contributed by atoms with Crippen molar-refractivity contribution in [1.29, 1.82) is 0 Å². The second kappa shape index (κ2) is 4.60. The van der Waals surface area contributed by atoms with Crippen LogP contribution in [0, 0.1) is 0 Å². The van der Waals surface area contributed by atoms with E-state index in [4.69, 9.17) is 0 Å². The van der Waals surface area contributed by atoms with Crippen LogP contribution in [0.3, 0.4) is 0 Å². The summed E-state index contributed by atoms with van der Waals surface area (Å²) >= 11 is 0. The van der Waals surface area contributed by atoms with Crippen LogP contribution in [0.2, 0.25) is 0 Å². The topological polar surface area (TPSA) is 32.3 Å². The van der Waals surface area contributed by atoms with E-state index in [1.54, 1.807) is 13.8 Å². The summed E-state index contributed by atoms with van der Waals surface area (Å²) < 4.78 is 0. The highest BCUT2D eigenvalue weighted by atomic mass is 16.3. The third-order valence-corrected chi connectivity index (χ3v) is 2.25. The van der Waals surface area contributed by atoms with Gasteiger partial charge in [-0.25, -0.2) is 0 Å². The highest BCUT2D eigenvalue weighted by molar-refractivity contribution is 5.52. The molecule has 0 fully saturated rings. The molecule has 0 aliphatic carbocycles. The van der Waals surface area contributed by atoms with Crippen molar-refractivity contribution in [2.75, 3.05) is 0 Å². The number of aliphatic hydroxyl groups is 1. The quantitative estimate of drug-likeness (QED) is 0.741. The van der Waals surface area contributed by atoms with Gasteiger partial charge in [-0.15, -0.1) is 0 Å². The minimum Gasteiger partial charge on any atom is -0.376 e. The lowest BCUT2D eigenvalue weighted by atomic mass is 10.0. The summed E-state index contributed by atoms with van der Waals surface area (Å²) in [4.78, 5) is 0. The van der Waals surface area contributed by atoms with E-state index in [1.165, 1.54) is 0 Å². The van der Waals surface area contributed by atoms with Gasteiger partial charge in [0.05, 0.1) is 0 Å². The van der Waals surface area contributed by atoms with Crippen molar-refractivity contribution >= 4 is 6.08 Å². The van der Waals surface area contributed by atoms with Crippen LogP contribution in [0.5, 0.6) is 0 Å². The smallest absolute Gasteiger partial charge is 0.110 e. The summed E-state index contributed by atoms with van der Waals surface area (Å²) in [5.41, 5.74) is 1.38. The van der Waals surface area contributed by atoms with Gasteiger partial charge in [0.25, 0.3) is 0 Å². The predicted molar refractivity (Wildman–Crippen MR) is 64.4 cm³/mol. The Morgan fingerprint density at radius 2 is 2.00 bits per heavy atom. The molecule has 2 N–H and O–H groups in total. The lowest BCUT2D eigenvalue weighted by molar-refractivity contribution is 0.0328. The van der Waals surface area contributed by atoms with Gasteiger partial charge in [0.1, 0.15) is 5.72 Å². The molecule has 1 rings (SSSR count). The van der Waals surface area contributed by atoms with Crippen LogP contribution in [0.1, 0.15) is 37.9 Å². The van der Waals surface area contributed by atoms with Crippen LogP contribution in [-0.2, 0) is 0 Å². The van der Waals surface area contributed by atoms with E-state index in [0.717, 1.165) is 11.1 Å². The highest BCUT2D eigenvalue weighted by Crippen LogP contribution is 2.20. The maximum Gasteiger partial charge on any atom is 0.110 e. The first kappa shape index (κ1) is 12.0. The Kier molecular flexibility index (Phi) is 3.66. The summed E-state index contributed by atoms with van der Waals surface area (Å²) in [6.45, 7) is 9.28. The number of hydrogen-bond acceptors (Lipinski definition) is 2. The summed E-state index contributed by atoms with van der Waals surface area (Å²) in [5.74, 6) is 0. The minimum absolute atomic E-state index is 0.0965. The van der Waals surface area contributed by atoms with Crippen LogP contribution in [0.4, 0.5) is 0 Å². The number of benzene rings is 1. The lowest BCUT2D eigenvalue weighted by Gasteiger charge is -2.26. The molecule has 0 saturated heterocycles. The van der Waals surface area contributed by atoms with E-state index >= 15 is 0 Å². The fraction of sp³-hybridized carbons (Fsp3) is 0.385. The van der Waals surface area contributed by atoms with Crippen LogP contribution in [-0.4, -0.2) is 10.8 Å². The zero-order valence-corrected chi connectivity index (χ0v) is 9.62. The summed E-state index contributed by atoms with van der Waals surface area (Å²) in [6, 6.07) is 8.13. The molecule has 0 saturated carbocycles. The van der Waals surface area contributed by atoms with Gasteiger partial charge in [-0.3, -0.25) is 5.32 Å². The molecule has 0 aromatic heterocycles. The fourth-order valence-corrected chi connectivity index (χ4v) is 1.70. The van der Waals surface area contributed by atoms with Gasteiger partial charge in [0, 0.05) is 6.04 Å². The zero-order chi connectivity index (χ0) is 11.5. The summed E-state index contributed by atoms with van der Waals surface area (Å²) in [6.07, 6.45) is 1.83. The molecule has 0 spiro atoms. The van der Waals surface area contributed by atoms with E-state index in [-0.39, 0.29) is 6.04 Å². The third-order valence-electron chi connectivity index (χ3n) is 2.25. The Bertz CT molecular complexity index is 339. The van der Waals surface area contributed by atoms with Crippen molar-refractivity contribution in [3.63, 3.8) is 0 Å². The van der Waals surface area contributed by atoms with Gasteiger partial charge in [-0.1, -0.05) is 36.9 Å². The SMILES string of the molecule is C=Cc1ccccc1C(C)NC(C)(C)O. The zero-order valence-electron chi connectivity index (χ0n) is 9.62. The van der Waals surface area contributed by atoms with Gasteiger partial charge in [0.15, 0.2) is 0 Å². The van der Waals surface area contributed by atoms with Gasteiger partial charge in [-0.2, -0.15) is 0 Å². The third kappa shape index (κ3) is 3.50. The molecular weight excluding hydrogens is 186 g/mol. The van der Waals surface area contributed by atoms with Gasteiger partial charge >= 0.3 is 0 Å². The first-order valence-corrected chi connectivity index (χ1v) is 5.15. The Balaban J connectivity index is 2.90. The fourth-order valence-electron chi connectivity index (χ4n) is 1.70. The summed E-state index contributed by atoms with van der Waals surface area (Å²) in [5, 5.41) is 12.8. The molecular formula is C13H19NO. The molecule has 15 heavy (non-hydrogen) atoms. The molecule has 0 aliphatic heterocycles. The van der Waals surface area contributed by atoms with Gasteiger partial charge in [0.2, 0.25) is 0 Å². The van der Waals surface area contributed by atoms with E-state index in [1.807, 2.05) is 37.3 Å². The van der Waals surface area contributed by atoms with Crippen LogP contribution in [0.25, 0.3) is 6.08 Å². The Morgan fingerprint density at radius 1 is 1.40 bits per heavy atom. The van der Waals surface area contributed by atoms with E-state index in [0.29, 0.717) is 0 Å². The number of hydrogen-bond donors (Lipinski definition) is 2. The number of nitrogens with one attached hydrogen (secondary N) is 1. The minimum atomic E-state index is -0.867. The first-order chi connectivity index (χ1) is 6.94. The largest absolute Gasteiger partial charge is 0.376 e. The predicted octanol–water partition coefficient (Wildman–Crippen LogP) is 2.71. The van der Waals surface area contributed by atoms with Crippen LogP contribution >= 0.6 is 0 Å². The molecule has 2 heteroatoms. The standard InChI is InChI=1S/C13H19NO/c1-5-11-8-6-7-9-12(11)10(2)14-13(3,4)15/h5-10,14-15H,1H2,2-4H3. The van der Waals surface area contributed by atoms with Crippen molar-refractivity contribution < 1.29 is 5.11 Å². The Morgan fingerprint density at radius 3 is 2.53 bits per heavy atom. The molecule has 0 radical (unpaired) electrons. The molecule has 0 aliphatic rings. The lowest BCUT2D eigenvalue weighted by Crippen LogP contribution is -2.40. The average molecular weight is 205 g/mol. The van der Waals surface area contributed by atoms with Gasteiger partial charge < -0.3 is 5.11 Å². The molecule has 0 amide bonds. The average Bonchev–Trinajstić information content (AvgIpc) is 2.15. The second-order valence-corrected chi connectivity index (χ2v) is 4.26. The Hall–Kier alpha value is -1.12. The summed E-state index contributed by atoms with van der Waals surface area (Å²) in [7, 11) is 0. The molecule has 82 valence electrons. The number of rotatable bonds is 4. The van der Waals surface area contributed by atoms with Gasteiger partial charge in [-0.05, 0) is 31.9 Å². The van der Waals surface area contributed by atoms with E-state index in [9.17, 15) is 5.11 Å². The maximum atomic E-state index is 9.68. The van der Waals surface area contributed by atoms with Crippen molar-refractivity contribution in [3.05, 3.63) is 42.0 Å². The van der Waals surface area contributed by atoms with Crippen LogP contribution < -0.4 is 5.32 Å². The van der Waals surface area contributed by atoms with E-state index in [2.05, 4.69) is 11.9 Å². The Labute approximate surface area is 91.6 Å². The van der Waals surface area contributed by atoms with E-state index < -0.39 is 5.72 Å². The monoisotopic (exact) mass is 205 g/mol. The molecule has 0 bridgehead atoms. The molecule has 2 nitrogen and oxygen atoms in total. The molecule has 1 aromatic rings. The molecule has 1 aromatic carbocycles. The van der Waals surface area contributed by atoms with Crippen molar-refractivity contribution in [1.82, 2.24) is 5.32 Å². The molecule has 1 unspecified atom stereocenters. The highest BCUT2D eigenvalue weighted by Gasteiger charge is 2.17. The van der Waals surface area contributed by atoms with Crippen molar-refractivity contribution in [2.45, 2.75) is 32.5 Å². The maximum absolute atomic E-state index is 9.68. The second-order valence-electron chi connectivity index (χ2n) is 4.26. The molecule has 0 heterocycles. The normalized spacial score (nSPS) is 13.6. The van der Waals surface area contributed by atoms with Crippen molar-refractivity contribution in [2.24, 2.45) is 0 Å².